The number of aromatic nitrogens is 4. The first-order valence-corrected chi connectivity index (χ1v) is 7.31. The van der Waals surface area contributed by atoms with Crippen molar-refractivity contribution in [1.29, 1.82) is 0 Å². The van der Waals surface area contributed by atoms with E-state index in [4.69, 9.17) is 34.8 Å². The van der Waals surface area contributed by atoms with Crippen molar-refractivity contribution in [2.45, 2.75) is 13.5 Å². The van der Waals surface area contributed by atoms with Gasteiger partial charge in [0.25, 0.3) is 5.91 Å². The van der Waals surface area contributed by atoms with Crippen LogP contribution in [0.15, 0.2) is 17.2 Å². The summed E-state index contributed by atoms with van der Waals surface area (Å²) < 4.78 is 0. The van der Waals surface area contributed by atoms with Gasteiger partial charge in [-0.05, 0) is 24.0 Å². The Kier molecular flexibility index (Phi) is 5.65. The van der Waals surface area contributed by atoms with Crippen molar-refractivity contribution in [3.8, 4) is 0 Å². The Hall–Kier alpha value is -2.30. The Morgan fingerprint density at radius 2 is 2.00 bits per heavy atom. The highest BCUT2D eigenvalue weighted by molar-refractivity contribution is 6.42. The van der Waals surface area contributed by atoms with E-state index in [0.717, 1.165) is 4.80 Å². The number of carbonyl (C=O) groups excluding carboxylic acids is 1. The summed E-state index contributed by atoms with van der Waals surface area (Å²) in [6, 6.07) is 2.75. The largest absolute Gasteiger partial charge is 0.514 e. The first kappa shape index (κ1) is 18.0. The van der Waals surface area contributed by atoms with Crippen molar-refractivity contribution < 1.29 is 9.72 Å². The number of rotatable bonds is 5. The summed E-state index contributed by atoms with van der Waals surface area (Å²) in [7, 11) is 0. The van der Waals surface area contributed by atoms with Crippen molar-refractivity contribution in [3.63, 3.8) is 0 Å². The molecular formula is C11H8Cl3N7O3. The average Bonchev–Trinajstić information content (AvgIpc) is 2.92. The number of carbonyl (C=O) groups is 1. The number of nitrogens with one attached hydrogen (secondary N) is 1. The first-order valence-electron chi connectivity index (χ1n) is 6.18. The lowest BCUT2D eigenvalue weighted by Gasteiger charge is -2.06. The predicted octanol–water partition coefficient (Wildman–Crippen LogP) is 2.35. The van der Waals surface area contributed by atoms with Crippen LogP contribution in [0, 0.1) is 10.1 Å². The van der Waals surface area contributed by atoms with Crippen LogP contribution in [0.25, 0.3) is 0 Å². The summed E-state index contributed by atoms with van der Waals surface area (Å²) in [5.41, 5.74) is 2.64. The Morgan fingerprint density at radius 3 is 2.54 bits per heavy atom. The zero-order chi connectivity index (χ0) is 17.9. The Balaban J connectivity index is 2.06. The highest BCUT2D eigenvalue weighted by Gasteiger charge is 2.17. The fourth-order valence-corrected chi connectivity index (χ4v) is 2.56. The maximum absolute atomic E-state index is 12.1. The molecule has 0 unspecified atom stereocenters. The SMILES string of the molecule is CC(Cn1nnc([N+](=O)[O-])n1)=NNC(=O)c1c(Cl)cc(Cl)cc1Cl. The van der Waals surface area contributed by atoms with E-state index in [9.17, 15) is 14.9 Å². The zero-order valence-electron chi connectivity index (χ0n) is 11.9. The second-order valence-electron chi connectivity index (χ2n) is 4.41. The van der Waals surface area contributed by atoms with Gasteiger partial charge in [0.15, 0.2) is 0 Å². The molecule has 1 aromatic carbocycles. The molecule has 0 atom stereocenters. The smallest absolute Gasteiger partial charge is 0.390 e. The summed E-state index contributed by atoms with van der Waals surface area (Å²) in [5.74, 6) is -1.27. The van der Waals surface area contributed by atoms with Gasteiger partial charge in [-0.25, -0.2) is 5.43 Å². The molecule has 1 aromatic heterocycles. The Bertz CT molecular complexity index is 813. The topological polar surface area (TPSA) is 128 Å². The van der Waals surface area contributed by atoms with E-state index >= 15 is 0 Å². The third-order valence-electron chi connectivity index (χ3n) is 2.56. The van der Waals surface area contributed by atoms with Crippen LogP contribution in [-0.2, 0) is 6.54 Å². The number of nitro groups is 1. The van der Waals surface area contributed by atoms with Crippen LogP contribution < -0.4 is 5.43 Å². The van der Waals surface area contributed by atoms with Gasteiger partial charge in [0.2, 0.25) is 0 Å². The van der Waals surface area contributed by atoms with Gasteiger partial charge in [-0.15, -0.1) is 0 Å². The molecular weight excluding hydrogens is 385 g/mol. The van der Waals surface area contributed by atoms with Crippen LogP contribution >= 0.6 is 34.8 Å². The van der Waals surface area contributed by atoms with E-state index in [-0.39, 0.29) is 22.2 Å². The molecule has 1 amide bonds. The molecule has 0 fully saturated rings. The van der Waals surface area contributed by atoms with Gasteiger partial charge in [0.05, 0.1) is 31.5 Å². The summed E-state index contributed by atoms with van der Waals surface area (Å²) in [4.78, 5) is 22.7. The van der Waals surface area contributed by atoms with Crippen LogP contribution in [-0.4, -0.2) is 36.7 Å². The van der Waals surface area contributed by atoms with Gasteiger partial charge in [-0.3, -0.25) is 4.79 Å². The lowest BCUT2D eigenvalue weighted by atomic mass is 10.2. The fraction of sp³-hybridized carbons (Fsp3) is 0.182. The minimum Gasteiger partial charge on any atom is -0.390 e. The van der Waals surface area contributed by atoms with Crippen LogP contribution in [0.1, 0.15) is 17.3 Å². The fourth-order valence-electron chi connectivity index (χ4n) is 1.58. The standard InChI is InChI=1S/C11H8Cl3N7O3/c1-5(4-20-18-11(17-19-20)21(23)24)15-16-10(22)9-7(13)2-6(12)3-8(9)14/h2-3H,4H2,1H3,(H,16,22). The molecule has 1 heterocycles. The van der Waals surface area contributed by atoms with Gasteiger partial charge in [-0.1, -0.05) is 39.6 Å². The summed E-state index contributed by atoms with van der Waals surface area (Å²) in [6.45, 7) is 1.55. The number of halogens is 3. The molecule has 13 heteroatoms. The summed E-state index contributed by atoms with van der Waals surface area (Å²) in [5, 5.41) is 25.0. The Labute approximate surface area is 149 Å². The lowest BCUT2D eigenvalue weighted by molar-refractivity contribution is -0.394. The molecule has 10 nitrogen and oxygen atoms in total. The van der Waals surface area contributed by atoms with Crippen molar-refractivity contribution in [2.24, 2.45) is 5.10 Å². The van der Waals surface area contributed by atoms with Crippen LogP contribution in [0.5, 0.6) is 0 Å². The second-order valence-corrected chi connectivity index (χ2v) is 5.66. The molecule has 2 rings (SSSR count). The molecule has 0 aliphatic rings. The summed E-state index contributed by atoms with van der Waals surface area (Å²) in [6.07, 6.45) is 0. The molecule has 0 bridgehead atoms. The number of hydrogen-bond acceptors (Lipinski definition) is 7. The van der Waals surface area contributed by atoms with Crippen molar-refractivity contribution in [2.75, 3.05) is 0 Å². The minimum absolute atomic E-state index is 0.0107. The number of amides is 1. The number of hydrogen-bond donors (Lipinski definition) is 1. The molecule has 24 heavy (non-hydrogen) atoms. The number of tetrazole rings is 1. The second kappa shape index (κ2) is 7.51. The molecule has 0 radical (unpaired) electrons. The third kappa shape index (κ3) is 4.37. The molecule has 1 N–H and O–H groups in total. The van der Waals surface area contributed by atoms with E-state index in [1.165, 1.54) is 12.1 Å². The molecule has 2 aromatic rings. The van der Waals surface area contributed by atoms with Crippen LogP contribution in [0.4, 0.5) is 5.95 Å². The van der Waals surface area contributed by atoms with Gasteiger partial charge in [0, 0.05) is 10.2 Å². The first-order chi connectivity index (χ1) is 11.3. The van der Waals surface area contributed by atoms with E-state index in [2.05, 4.69) is 25.9 Å². The number of benzene rings is 1. The third-order valence-corrected chi connectivity index (χ3v) is 3.37. The molecule has 0 aliphatic carbocycles. The van der Waals surface area contributed by atoms with Crippen molar-refractivity contribution in [3.05, 3.63) is 42.9 Å². The normalized spacial score (nSPS) is 11.4. The number of nitrogens with zero attached hydrogens (tertiary/aromatic N) is 6. The molecule has 0 saturated heterocycles. The van der Waals surface area contributed by atoms with Gasteiger partial charge >= 0.3 is 5.95 Å². The predicted molar refractivity (Wildman–Crippen MR) is 86.5 cm³/mol. The average molecular weight is 393 g/mol. The maximum Gasteiger partial charge on any atom is 0.514 e. The van der Waals surface area contributed by atoms with Gasteiger partial charge in [0.1, 0.15) is 6.54 Å². The monoisotopic (exact) mass is 391 g/mol. The highest BCUT2D eigenvalue weighted by atomic mass is 35.5. The quantitative estimate of drug-likeness (QED) is 0.472. The maximum atomic E-state index is 12.1. The summed E-state index contributed by atoms with van der Waals surface area (Å²) >= 11 is 17.6. The van der Waals surface area contributed by atoms with Crippen LogP contribution in [0.3, 0.4) is 0 Å². The van der Waals surface area contributed by atoms with Crippen molar-refractivity contribution >= 4 is 52.4 Å². The highest BCUT2D eigenvalue weighted by Crippen LogP contribution is 2.28. The van der Waals surface area contributed by atoms with E-state index in [1.807, 2.05) is 0 Å². The molecule has 0 aliphatic heterocycles. The van der Waals surface area contributed by atoms with E-state index < -0.39 is 16.8 Å². The van der Waals surface area contributed by atoms with Gasteiger partial charge in [-0.2, -0.15) is 5.10 Å². The van der Waals surface area contributed by atoms with Crippen LogP contribution in [0.2, 0.25) is 15.1 Å². The zero-order valence-corrected chi connectivity index (χ0v) is 14.2. The minimum atomic E-state index is -0.776. The van der Waals surface area contributed by atoms with Gasteiger partial charge < -0.3 is 10.1 Å². The lowest BCUT2D eigenvalue weighted by Crippen LogP contribution is -2.22. The van der Waals surface area contributed by atoms with E-state index in [0.29, 0.717) is 10.7 Å². The number of hydrazone groups is 1. The molecule has 0 spiro atoms. The molecule has 126 valence electrons. The van der Waals surface area contributed by atoms with Crippen molar-refractivity contribution in [1.82, 2.24) is 25.6 Å². The Morgan fingerprint density at radius 1 is 1.38 bits per heavy atom. The van der Waals surface area contributed by atoms with E-state index in [1.54, 1.807) is 6.92 Å². The molecule has 0 saturated carbocycles.